The molecule has 0 aliphatic heterocycles. The first-order valence-electron chi connectivity index (χ1n) is 6.74. The van der Waals surface area contributed by atoms with Gasteiger partial charge >= 0.3 is 0 Å². The first kappa shape index (κ1) is 10.1. The fraction of sp³-hybridized carbons (Fsp3) is 1.00. The van der Waals surface area contributed by atoms with Gasteiger partial charge in [0.15, 0.2) is 0 Å². The molecule has 0 spiro atoms. The van der Waals surface area contributed by atoms with E-state index in [1.165, 1.54) is 19.3 Å². The summed E-state index contributed by atoms with van der Waals surface area (Å²) in [7, 11) is 0. The highest BCUT2D eigenvalue weighted by atomic mass is 16.3. The summed E-state index contributed by atoms with van der Waals surface area (Å²) in [5, 5.41) is 10.1. The molecule has 86 valence electrons. The zero-order chi connectivity index (χ0) is 10.8. The molecule has 1 nitrogen and oxygen atoms in total. The van der Waals surface area contributed by atoms with Crippen LogP contribution in [0.3, 0.4) is 0 Å². The van der Waals surface area contributed by atoms with Gasteiger partial charge in [-0.1, -0.05) is 20.8 Å². The summed E-state index contributed by atoms with van der Waals surface area (Å²) in [6, 6.07) is 0. The molecule has 0 heterocycles. The lowest BCUT2D eigenvalue weighted by Crippen LogP contribution is -2.55. The summed E-state index contributed by atoms with van der Waals surface area (Å²) in [6.45, 7) is 7.23. The molecule has 4 unspecified atom stereocenters. The molecule has 3 aliphatic rings. The lowest BCUT2D eigenvalue weighted by Gasteiger charge is -2.57. The first-order valence-corrected chi connectivity index (χ1v) is 6.74. The summed E-state index contributed by atoms with van der Waals surface area (Å²) < 4.78 is 0. The fourth-order valence-electron chi connectivity index (χ4n) is 5.36. The lowest BCUT2D eigenvalue weighted by atomic mass is 9.47. The third-order valence-electron chi connectivity index (χ3n) is 6.04. The summed E-state index contributed by atoms with van der Waals surface area (Å²) >= 11 is 0. The highest BCUT2D eigenvalue weighted by Crippen LogP contribution is 2.71. The van der Waals surface area contributed by atoms with Crippen LogP contribution in [-0.4, -0.2) is 11.2 Å². The van der Waals surface area contributed by atoms with Gasteiger partial charge in [0.25, 0.3) is 0 Å². The molecule has 0 amide bonds. The molecule has 1 N–H and O–H groups in total. The van der Waals surface area contributed by atoms with Crippen LogP contribution in [0.15, 0.2) is 0 Å². The molecule has 0 aromatic heterocycles. The molecule has 3 aliphatic carbocycles. The van der Waals surface area contributed by atoms with Gasteiger partial charge in [-0.2, -0.15) is 0 Å². The van der Waals surface area contributed by atoms with Gasteiger partial charge < -0.3 is 5.11 Å². The van der Waals surface area contributed by atoms with Crippen molar-refractivity contribution in [1.29, 1.82) is 0 Å². The van der Waals surface area contributed by atoms with Crippen LogP contribution in [0.2, 0.25) is 0 Å². The van der Waals surface area contributed by atoms with Crippen molar-refractivity contribution in [3.8, 4) is 0 Å². The van der Waals surface area contributed by atoms with Crippen LogP contribution in [0.5, 0.6) is 0 Å². The maximum atomic E-state index is 10.1. The SMILES string of the molecule is CC(C)[C@H]1CC[C@]2(C)C3CCC(O)C3C12. The zero-order valence-corrected chi connectivity index (χ0v) is 10.2. The van der Waals surface area contributed by atoms with Crippen molar-refractivity contribution in [3.63, 3.8) is 0 Å². The molecular formula is C14H24O. The summed E-state index contributed by atoms with van der Waals surface area (Å²) in [4.78, 5) is 0. The number of fused-ring (bicyclic) bond motifs is 4. The van der Waals surface area contributed by atoms with Crippen LogP contribution >= 0.6 is 0 Å². The predicted octanol–water partition coefficient (Wildman–Crippen LogP) is 3.08. The highest BCUT2D eigenvalue weighted by molar-refractivity contribution is 5.15. The van der Waals surface area contributed by atoms with E-state index in [1.807, 2.05) is 0 Å². The van der Waals surface area contributed by atoms with Crippen molar-refractivity contribution in [1.82, 2.24) is 0 Å². The second kappa shape index (κ2) is 3.00. The summed E-state index contributed by atoms with van der Waals surface area (Å²) in [5.41, 5.74) is 0.608. The van der Waals surface area contributed by atoms with Crippen LogP contribution in [-0.2, 0) is 0 Å². The molecule has 0 aromatic carbocycles. The maximum Gasteiger partial charge on any atom is 0.0574 e. The Labute approximate surface area is 93.3 Å². The van der Waals surface area contributed by atoms with E-state index in [1.54, 1.807) is 0 Å². The molecule has 1 heteroatoms. The van der Waals surface area contributed by atoms with Gasteiger partial charge in [0.2, 0.25) is 0 Å². The smallest absolute Gasteiger partial charge is 0.0574 e. The summed E-state index contributed by atoms with van der Waals surface area (Å²) in [6.07, 6.45) is 5.25. The molecular weight excluding hydrogens is 184 g/mol. The largest absolute Gasteiger partial charge is 0.393 e. The van der Waals surface area contributed by atoms with E-state index in [0.29, 0.717) is 11.3 Å². The van der Waals surface area contributed by atoms with Crippen LogP contribution < -0.4 is 0 Å². The van der Waals surface area contributed by atoms with Gasteiger partial charge in [0.05, 0.1) is 6.10 Å². The Kier molecular flexibility index (Phi) is 2.03. The van der Waals surface area contributed by atoms with E-state index in [2.05, 4.69) is 20.8 Å². The zero-order valence-electron chi connectivity index (χ0n) is 10.2. The van der Waals surface area contributed by atoms with Crippen LogP contribution in [0.1, 0.15) is 46.5 Å². The summed E-state index contributed by atoms with van der Waals surface area (Å²) in [5.74, 6) is 4.08. The molecule has 3 rings (SSSR count). The average Bonchev–Trinajstić information content (AvgIpc) is 2.62. The minimum Gasteiger partial charge on any atom is -0.393 e. The number of hydrogen-bond acceptors (Lipinski definition) is 1. The molecule has 3 fully saturated rings. The third kappa shape index (κ3) is 1.08. The van der Waals surface area contributed by atoms with Gasteiger partial charge in [-0.3, -0.25) is 0 Å². The van der Waals surface area contributed by atoms with Gasteiger partial charge in [-0.15, -0.1) is 0 Å². The Morgan fingerprint density at radius 2 is 1.93 bits per heavy atom. The molecule has 0 radical (unpaired) electrons. The number of rotatable bonds is 1. The maximum absolute atomic E-state index is 10.1. The minimum atomic E-state index is 0.0347. The molecule has 3 saturated carbocycles. The van der Waals surface area contributed by atoms with E-state index >= 15 is 0 Å². The van der Waals surface area contributed by atoms with Crippen LogP contribution in [0.25, 0.3) is 0 Å². The van der Waals surface area contributed by atoms with E-state index in [0.717, 1.165) is 30.1 Å². The predicted molar refractivity (Wildman–Crippen MR) is 61.4 cm³/mol. The molecule has 0 aromatic rings. The Morgan fingerprint density at radius 3 is 2.60 bits per heavy atom. The normalized spacial score (nSPS) is 57.8. The van der Waals surface area contributed by atoms with Gasteiger partial charge in [-0.05, 0) is 60.7 Å². The molecule has 6 atom stereocenters. The van der Waals surface area contributed by atoms with E-state index in [4.69, 9.17) is 0 Å². The van der Waals surface area contributed by atoms with Gasteiger partial charge in [0, 0.05) is 0 Å². The standard InChI is InChI=1S/C14H24O/c1-8(2)9-6-7-14(3)10-4-5-11(15)12(10)13(9)14/h8-13,15H,4-7H2,1-3H3/t9-,10?,11?,12?,13?,14-/m1/s1. The third-order valence-corrected chi connectivity index (χ3v) is 6.04. The second-order valence-corrected chi connectivity index (χ2v) is 6.81. The Balaban J connectivity index is 1.88. The topological polar surface area (TPSA) is 20.2 Å². The minimum absolute atomic E-state index is 0.0347. The monoisotopic (exact) mass is 208 g/mol. The van der Waals surface area contributed by atoms with E-state index < -0.39 is 0 Å². The fourth-order valence-corrected chi connectivity index (χ4v) is 5.36. The van der Waals surface area contributed by atoms with Crippen LogP contribution in [0.4, 0.5) is 0 Å². The van der Waals surface area contributed by atoms with Crippen molar-refractivity contribution in [2.75, 3.05) is 0 Å². The quantitative estimate of drug-likeness (QED) is 0.702. The van der Waals surface area contributed by atoms with Crippen molar-refractivity contribution in [2.24, 2.45) is 35.0 Å². The van der Waals surface area contributed by atoms with E-state index in [-0.39, 0.29) is 6.10 Å². The Hall–Kier alpha value is -0.0400. The van der Waals surface area contributed by atoms with Crippen molar-refractivity contribution in [3.05, 3.63) is 0 Å². The van der Waals surface area contributed by atoms with Crippen molar-refractivity contribution in [2.45, 2.75) is 52.6 Å². The molecule has 15 heavy (non-hydrogen) atoms. The van der Waals surface area contributed by atoms with Gasteiger partial charge in [-0.25, -0.2) is 0 Å². The highest BCUT2D eigenvalue weighted by Gasteiger charge is 2.67. The molecule has 0 saturated heterocycles. The number of hydrogen-bond donors (Lipinski definition) is 1. The van der Waals surface area contributed by atoms with Crippen LogP contribution in [0, 0.1) is 35.0 Å². The van der Waals surface area contributed by atoms with Gasteiger partial charge in [0.1, 0.15) is 0 Å². The van der Waals surface area contributed by atoms with E-state index in [9.17, 15) is 5.11 Å². The van der Waals surface area contributed by atoms with Crippen molar-refractivity contribution >= 4 is 0 Å². The second-order valence-electron chi connectivity index (χ2n) is 6.81. The number of aliphatic hydroxyl groups excluding tert-OH is 1. The number of aliphatic hydroxyl groups is 1. The Bertz CT molecular complexity index is 273. The first-order chi connectivity index (χ1) is 7.05. The van der Waals surface area contributed by atoms with Crippen molar-refractivity contribution < 1.29 is 5.11 Å². The Morgan fingerprint density at radius 1 is 1.20 bits per heavy atom. The lowest BCUT2D eigenvalue weighted by molar-refractivity contribution is -0.127. The molecule has 0 bridgehead atoms. The average molecular weight is 208 g/mol.